The van der Waals surface area contributed by atoms with Crippen LogP contribution in [0.5, 0.6) is 0 Å². The topological polar surface area (TPSA) is 84.2 Å². The smallest absolute Gasteiger partial charge is 0.249 e. The number of rotatable bonds is 2. The van der Waals surface area contributed by atoms with E-state index < -0.39 is 6.04 Å². The van der Waals surface area contributed by atoms with E-state index in [4.69, 9.17) is 4.52 Å². The zero-order valence-corrected chi connectivity index (χ0v) is 10.7. The van der Waals surface area contributed by atoms with Gasteiger partial charge in [-0.1, -0.05) is 25.9 Å². The first kappa shape index (κ1) is 12.6. The van der Waals surface area contributed by atoms with Gasteiger partial charge in [-0.3, -0.25) is 14.9 Å². The van der Waals surface area contributed by atoms with Crippen LogP contribution in [-0.4, -0.2) is 23.0 Å². The summed E-state index contributed by atoms with van der Waals surface area (Å²) in [7, 11) is 0. The van der Waals surface area contributed by atoms with Crippen molar-refractivity contribution in [1.29, 1.82) is 0 Å². The third kappa shape index (κ3) is 2.69. The van der Waals surface area contributed by atoms with E-state index in [0.29, 0.717) is 18.7 Å². The van der Waals surface area contributed by atoms with Crippen molar-refractivity contribution in [3.8, 4) is 0 Å². The quantitative estimate of drug-likeness (QED) is 0.826. The summed E-state index contributed by atoms with van der Waals surface area (Å²) in [5.74, 6) is -0.0494. The molecule has 0 bridgehead atoms. The van der Waals surface area contributed by atoms with Gasteiger partial charge in [0.2, 0.25) is 17.7 Å². The number of nitrogens with zero attached hydrogens (tertiary/aromatic N) is 1. The molecule has 0 unspecified atom stereocenters. The predicted molar refractivity (Wildman–Crippen MR) is 65.0 cm³/mol. The van der Waals surface area contributed by atoms with Crippen LogP contribution in [0.1, 0.15) is 39.3 Å². The van der Waals surface area contributed by atoms with Gasteiger partial charge in [-0.2, -0.15) is 0 Å². The van der Waals surface area contributed by atoms with Crippen molar-refractivity contribution >= 4 is 17.7 Å². The Labute approximate surface area is 105 Å². The zero-order valence-electron chi connectivity index (χ0n) is 10.7. The van der Waals surface area contributed by atoms with Crippen LogP contribution < -0.4 is 10.6 Å². The molecule has 1 saturated heterocycles. The van der Waals surface area contributed by atoms with Crippen LogP contribution in [0.2, 0.25) is 0 Å². The minimum atomic E-state index is -0.472. The SMILES string of the molecule is CC(C)(C)c1cc(NC(=O)[C@@H]2CCC(=O)N2)on1. The van der Waals surface area contributed by atoms with Crippen LogP contribution in [0.25, 0.3) is 0 Å². The fourth-order valence-electron chi connectivity index (χ4n) is 1.71. The molecule has 0 spiro atoms. The van der Waals surface area contributed by atoms with Crippen molar-refractivity contribution in [2.75, 3.05) is 5.32 Å². The lowest BCUT2D eigenvalue weighted by Gasteiger charge is -2.12. The molecule has 1 fully saturated rings. The highest BCUT2D eigenvalue weighted by Gasteiger charge is 2.28. The van der Waals surface area contributed by atoms with E-state index in [2.05, 4.69) is 15.8 Å². The fraction of sp³-hybridized carbons (Fsp3) is 0.583. The second-order valence-corrected chi connectivity index (χ2v) is 5.47. The van der Waals surface area contributed by atoms with E-state index in [-0.39, 0.29) is 17.2 Å². The maximum absolute atomic E-state index is 11.8. The van der Waals surface area contributed by atoms with Crippen LogP contribution >= 0.6 is 0 Å². The number of aromatic nitrogens is 1. The molecule has 0 aromatic carbocycles. The van der Waals surface area contributed by atoms with Gasteiger partial charge in [0.25, 0.3) is 0 Å². The van der Waals surface area contributed by atoms with Crippen LogP contribution in [0, 0.1) is 0 Å². The van der Waals surface area contributed by atoms with Crippen LogP contribution in [0.3, 0.4) is 0 Å². The standard InChI is InChI=1S/C12H17N3O3/c1-12(2,3)8-6-10(18-15-8)14-11(17)7-4-5-9(16)13-7/h6-7H,4-5H2,1-3H3,(H,13,16)(H,14,17)/t7-/m0/s1. The molecule has 1 aromatic heterocycles. The van der Waals surface area contributed by atoms with Crippen molar-refractivity contribution in [2.45, 2.75) is 45.1 Å². The van der Waals surface area contributed by atoms with E-state index in [1.807, 2.05) is 20.8 Å². The van der Waals surface area contributed by atoms with E-state index in [0.717, 1.165) is 5.69 Å². The molecule has 1 aromatic rings. The molecular weight excluding hydrogens is 234 g/mol. The van der Waals surface area contributed by atoms with Gasteiger partial charge in [-0.05, 0) is 6.42 Å². The molecule has 18 heavy (non-hydrogen) atoms. The molecule has 1 aliphatic heterocycles. The first-order valence-corrected chi connectivity index (χ1v) is 5.94. The lowest BCUT2D eigenvalue weighted by atomic mass is 9.92. The maximum Gasteiger partial charge on any atom is 0.249 e. The highest BCUT2D eigenvalue weighted by Crippen LogP contribution is 2.23. The zero-order chi connectivity index (χ0) is 13.3. The van der Waals surface area contributed by atoms with Gasteiger partial charge in [0.15, 0.2) is 0 Å². The average molecular weight is 251 g/mol. The molecule has 2 rings (SSSR count). The first-order valence-electron chi connectivity index (χ1n) is 5.94. The largest absolute Gasteiger partial charge is 0.344 e. The number of carbonyl (C=O) groups is 2. The Bertz CT molecular complexity index is 473. The lowest BCUT2D eigenvalue weighted by Crippen LogP contribution is -2.37. The molecule has 1 atom stereocenters. The molecule has 98 valence electrons. The highest BCUT2D eigenvalue weighted by atomic mass is 16.5. The Morgan fingerprint density at radius 1 is 1.56 bits per heavy atom. The Morgan fingerprint density at radius 2 is 2.28 bits per heavy atom. The van der Waals surface area contributed by atoms with Crippen molar-refractivity contribution in [2.24, 2.45) is 0 Å². The van der Waals surface area contributed by atoms with Crippen molar-refractivity contribution in [1.82, 2.24) is 10.5 Å². The Hall–Kier alpha value is -1.85. The number of amides is 2. The van der Waals surface area contributed by atoms with E-state index in [9.17, 15) is 9.59 Å². The van der Waals surface area contributed by atoms with Gasteiger partial charge in [0.1, 0.15) is 6.04 Å². The van der Waals surface area contributed by atoms with Crippen LogP contribution in [0.4, 0.5) is 5.88 Å². The van der Waals surface area contributed by atoms with Crippen molar-refractivity contribution in [3.63, 3.8) is 0 Å². The van der Waals surface area contributed by atoms with Gasteiger partial charge >= 0.3 is 0 Å². The third-order valence-corrected chi connectivity index (χ3v) is 2.84. The van der Waals surface area contributed by atoms with E-state index >= 15 is 0 Å². The van der Waals surface area contributed by atoms with Crippen LogP contribution in [0.15, 0.2) is 10.6 Å². The molecule has 6 heteroatoms. The summed E-state index contributed by atoms with van der Waals surface area (Å²) in [5, 5.41) is 9.12. The van der Waals surface area contributed by atoms with Gasteiger partial charge in [0, 0.05) is 17.9 Å². The van der Waals surface area contributed by atoms with Gasteiger partial charge < -0.3 is 9.84 Å². The number of hydrogen-bond donors (Lipinski definition) is 2. The molecule has 0 radical (unpaired) electrons. The minimum Gasteiger partial charge on any atom is -0.344 e. The number of hydrogen-bond acceptors (Lipinski definition) is 4. The normalized spacial score (nSPS) is 19.7. The number of anilines is 1. The first-order chi connectivity index (χ1) is 8.36. The third-order valence-electron chi connectivity index (χ3n) is 2.84. The molecule has 6 nitrogen and oxygen atoms in total. The number of nitrogens with one attached hydrogen (secondary N) is 2. The van der Waals surface area contributed by atoms with Crippen LogP contribution in [-0.2, 0) is 15.0 Å². The predicted octanol–water partition coefficient (Wildman–Crippen LogP) is 1.19. The summed E-state index contributed by atoms with van der Waals surface area (Å²) < 4.78 is 5.05. The number of carbonyl (C=O) groups excluding carboxylic acids is 2. The summed E-state index contributed by atoms with van der Waals surface area (Å²) in [6.45, 7) is 6.02. The Balaban J connectivity index is 1.99. The second kappa shape index (κ2) is 4.44. The molecule has 0 aliphatic carbocycles. The molecular formula is C12H17N3O3. The van der Waals surface area contributed by atoms with Crippen molar-refractivity contribution < 1.29 is 14.1 Å². The second-order valence-electron chi connectivity index (χ2n) is 5.47. The van der Waals surface area contributed by atoms with Gasteiger partial charge in [-0.15, -0.1) is 0 Å². The highest BCUT2D eigenvalue weighted by molar-refractivity contribution is 5.98. The van der Waals surface area contributed by atoms with Gasteiger partial charge in [0.05, 0.1) is 5.69 Å². The summed E-state index contributed by atoms with van der Waals surface area (Å²) in [6, 6.07) is 1.23. The maximum atomic E-state index is 11.8. The molecule has 2 heterocycles. The molecule has 2 N–H and O–H groups in total. The van der Waals surface area contributed by atoms with E-state index in [1.54, 1.807) is 6.07 Å². The summed E-state index contributed by atoms with van der Waals surface area (Å²) >= 11 is 0. The molecule has 0 saturated carbocycles. The monoisotopic (exact) mass is 251 g/mol. The Morgan fingerprint density at radius 3 is 2.78 bits per heavy atom. The Kier molecular flexibility index (Phi) is 3.11. The van der Waals surface area contributed by atoms with Crippen molar-refractivity contribution in [3.05, 3.63) is 11.8 Å². The average Bonchev–Trinajstić information content (AvgIpc) is 2.85. The summed E-state index contributed by atoms with van der Waals surface area (Å²) in [6.07, 6.45) is 0.909. The molecule has 1 aliphatic rings. The van der Waals surface area contributed by atoms with E-state index in [1.165, 1.54) is 0 Å². The molecule has 2 amide bonds. The van der Waals surface area contributed by atoms with Gasteiger partial charge in [-0.25, -0.2) is 0 Å². The minimum absolute atomic E-state index is 0.0944. The summed E-state index contributed by atoms with van der Waals surface area (Å²) in [5.41, 5.74) is 0.641. The lowest BCUT2D eigenvalue weighted by molar-refractivity contribution is -0.122. The summed E-state index contributed by atoms with van der Waals surface area (Å²) in [4.78, 5) is 22.8. The fourth-order valence-corrected chi connectivity index (χ4v) is 1.71.